The second kappa shape index (κ2) is 5.57. The van der Waals surface area contributed by atoms with Gasteiger partial charge in [0.15, 0.2) is 5.65 Å². The van der Waals surface area contributed by atoms with Crippen molar-refractivity contribution < 1.29 is 4.39 Å². The Balaban J connectivity index is 1.95. The molecule has 0 unspecified atom stereocenters. The highest BCUT2D eigenvalue weighted by Crippen LogP contribution is 2.30. The van der Waals surface area contributed by atoms with Crippen molar-refractivity contribution in [2.45, 2.75) is 13.8 Å². The number of halogens is 1. The molecule has 0 aliphatic carbocycles. The maximum Gasteiger partial charge on any atom is 0.163 e. The first kappa shape index (κ1) is 14.6. The fourth-order valence-electron chi connectivity index (χ4n) is 2.95. The lowest BCUT2D eigenvalue weighted by Crippen LogP contribution is -1.96. The van der Waals surface area contributed by atoms with E-state index in [4.69, 9.17) is 0 Å². The van der Waals surface area contributed by atoms with Crippen LogP contribution in [0.25, 0.3) is 28.0 Å². The van der Waals surface area contributed by atoms with Crippen molar-refractivity contribution >= 4 is 5.65 Å². The molecule has 0 fully saturated rings. The minimum Gasteiger partial charge on any atom is -0.236 e. The first-order chi connectivity index (χ1) is 11.6. The third-order valence-corrected chi connectivity index (χ3v) is 4.17. The monoisotopic (exact) mass is 317 g/mol. The normalized spacial score (nSPS) is 11.1. The lowest BCUT2D eigenvalue weighted by molar-refractivity contribution is 0.628. The zero-order valence-corrected chi connectivity index (χ0v) is 13.5. The van der Waals surface area contributed by atoms with Crippen LogP contribution in [0, 0.1) is 19.7 Å². The van der Waals surface area contributed by atoms with Crippen LogP contribution in [0.15, 0.2) is 60.8 Å². The van der Waals surface area contributed by atoms with Crippen LogP contribution < -0.4 is 0 Å². The SMILES string of the molecule is Cc1ccc(-c2c(C)nn3c(-c4ccc(F)cc4)ccnc23)cc1. The van der Waals surface area contributed by atoms with Gasteiger partial charge in [-0.25, -0.2) is 13.9 Å². The molecule has 4 rings (SSSR count). The second-order valence-electron chi connectivity index (χ2n) is 5.90. The summed E-state index contributed by atoms with van der Waals surface area (Å²) in [6.07, 6.45) is 1.77. The molecule has 0 saturated heterocycles. The van der Waals surface area contributed by atoms with Crippen molar-refractivity contribution in [3.05, 3.63) is 77.9 Å². The van der Waals surface area contributed by atoms with Crippen LogP contribution in [0.1, 0.15) is 11.3 Å². The highest BCUT2D eigenvalue weighted by molar-refractivity contribution is 5.81. The molecule has 0 N–H and O–H groups in total. The minimum absolute atomic E-state index is 0.249. The van der Waals surface area contributed by atoms with Gasteiger partial charge in [0.25, 0.3) is 0 Å². The molecule has 0 saturated carbocycles. The molecule has 0 amide bonds. The van der Waals surface area contributed by atoms with E-state index in [1.807, 2.05) is 17.5 Å². The maximum absolute atomic E-state index is 13.2. The van der Waals surface area contributed by atoms with Gasteiger partial charge in [-0.1, -0.05) is 29.8 Å². The van der Waals surface area contributed by atoms with Crippen molar-refractivity contribution in [2.75, 3.05) is 0 Å². The summed E-state index contributed by atoms with van der Waals surface area (Å²) in [5, 5.41) is 4.67. The Hall–Kier alpha value is -3.01. The Morgan fingerprint density at radius 1 is 0.833 bits per heavy atom. The van der Waals surface area contributed by atoms with Gasteiger partial charge in [-0.05, 0) is 49.7 Å². The highest BCUT2D eigenvalue weighted by Gasteiger charge is 2.15. The van der Waals surface area contributed by atoms with Gasteiger partial charge >= 0.3 is 0 Å². The molecule has 0 aliphatic heterocycles. The number of aromatic nitrogens is 3. The Labute approximate surface area is 139 Å². The average molecular weight is 317 g/mol. The molecule has 4 aromatic rings. The molecule has 0 radical (unpaired) electrons. The van der Waals surface area contributed by atoms with Crippen LogP contribution in [-0.4, -0.2) is 14.6 Å². The van der Waals surface area contributed by atoms with Crippen LogP contribution in [0.5, 0.6) is 0 Å². The number of rotatable bonds is 2. The highest BCUT2D eigenvalue weighted by atomic mass is 19.1. The molecule has 0 spiro atoms. The molecule has 3 nitrogen and oxygen atoms in total. The number of hydrogen-bond acceptors (Lipinski definition) is 2. The van der Waals surface area contributed by atoms with Crippen molar-refractivity contribution in [2.24, 2.45) is 0 Å². The lowest BCUT2D eigenvalue weighted by atomic mass is 10.0. The van der Waals surface area contributed by atoms with Crippen LogP contribution in [0.2, 0.25) is 0 Å². The molecule has 2 heterocycles. The van der Waals surface area contributed by atoms with E-state index in [0.29, 0.717) is 0 Å². The number of fused-ring (bicyclic) bond motifs is 1. The molecule has 2 aromatic carbocycles. The minimum atomic E-state index is -0.249. The van der Waals surface area contributed by atoms with Gasteiger partial charge in [0, 0.05) is 17.3 Å². The van der Waals surface area contributed by atoms with E-state index in [1.54, 1.807) is 18.3 Å². The van der Waals surface area contributed by atoms with E-state index in [1.165, 1.54) is 17.7 Å². The van der Waals surface area contributed by atoms with Gasteiger partial charge in [0.2, 0.25) is 0 Å². The van der Waals surface area contributed by atoms with Gasteiger partial charge in [-0.15, -0.1) is 0 Å². The summed E-state index contributed by atoms with van der Waals surface area (Å²) >= 11 is 0. The van der Waals surface area contributed by atoms with Gasteiger partial charge in [0.1, 0.15) is 5.82 Å². The number of benzene rings is 2. The van der Waals surface area contributed by atoms with Gasteiger partial charge in [-0.2, -0.15) is 5.10 Å². The van der Waals surface area contributed by atoms with E-state index < -0.39 is 0 Å². The third-order valence-electron chi connectivity index (χ3n) is 4.17. The van der Waals surface area contributed by atoms with Crippen LogP contribution in [0.3, 0.4) is 0 Å². The van der Waals surface area contributed by atoms with Crippen molar-refractivity contribution in [3.63, 3.8) is 0 Å². The second-order valence-corrected chi connectivity index (χ2v) is 5.90. The Bertz CT molecular complexity index is 1020. The van der Waals surface area contributed by atoms with E-state index in [-0.39, 0.29) is 5.82 Å². The predicted octanol–water partition coefficient (Wildman–Crippen LogP) is 4.82. The summed E-state index contributed by atoms with van der Waals surface area (Å²) in [6, 6.07) is 16.7. The third kappa shape index (κ3) is 2.36. The van der Waals surface area contributed by atoms with E-state index in [0.717, 1.165) is 33.7 Å². The summed E-state index contributed by atoms with van der Waals surface area (Å²) in [6.45, 7) is 4.05. The molecule has 0 atom stereocenters. The van der Waals surface area contributed by atoms with Gasteiger partial charge in [-0.3, -0.25) is 0 Å². The number of aryl methyl sites for hydroxylation is 2. The van der Waals surface area contributed by atoms with Gasteiger partial charge in [0.05, 0.1) is 11.4 Å². The Kier molecular flexibility index (Phi) is 3.38. The Morgan fingerprint density at radius 2 is 1.50 bits per heavy atom. The smallest absolute Gasteiger partial charge is 0.163 e. The first-order valence-electron chi connectivity index (χ1n) is 7.81. The fourth-order valence-corrected chi connectivity index (χ4v) is 2.95. The molecule has 4 heteroatoms. The maximum atomic E-state index is 13.2. The summed E-state index contributed by atoms with van der Waals surface area (Å²) in [5.74, 6) is -0.249. The van der Waals surface area contributed by atoms with Crippen LogP contribution in [0.4, 0.5) is 4.39 Å². The molecule has 2 aromatic heterocycles. The standard InChI is InChI=1S/C20H16FN3/c1-13-3-5-16(6-4-13)19-14(2)23-24-18(11-12-22-20(19)24)15-7-9-17(21)10-8-15/h3-12H,1-2H3. The molecular weight excluding hydrogens is 301 g/mol. The predicted molar refractivity (Wildman–Crippen MR) is 93.3 cm³/mol. The summed E-state index contributed by atoms with van der Waals surface area (Å²) in [5.41, 5.74) is 6.85. The summed E-state index contributed by atoms with van der Waals surface area (Å²) in [4.78, 5) is 4.53. The fraction of sp³-hybridized carbons (Fsp3) is 0.100. The van der Waals surface area contributed by atoms with Crippen molar-refractivity contribution in [3.8, 4) is 22.4 Å². The Morgan fingerprint density at radius 3 is 2.21 bits per heavy atom. The van der Waals surface area contributed by atoms with Crippen molar-refractivity contribution in [1.29, 1.82) is 0 Å². The zero-order valence-electron chi connectivity index (χ0n) is 13.5. The topological polar surface area (TPSA) is 30.2 Å². The molecular formula is C20H16FN3. The van der Waals surface area contributed by atoms with E-state index >= 15 is 0 Å². The van der Waals surface area contributed by atoms with E-state index in [2.05, 4.69) is 41.3 Å². The number of hydrogen-bond donors (Lipinski definition) is 0. The summed E-state index contributed by atoms with van der Waals surface area (Å²) in [7, 11) is 0. The summed E-state index contributed by atoms with van der Waals surface area (Å²) < 4.78 is 15.0. The molecule has 0 bridgehead atoms. The van der Waals surface area contributed by atoms with E-state index in [9.17, 15) is 4.39 Å². The van der Waals surface area contributed by atoms with Gasteiger partial charge < -0.3 is 0 Å². The lowest BCUT2D eigenvalue weighted by Gasteiger charge is -2.05. The van der Waals surface area contributed by atoms with Crippen molar-refractivity contribution in [1.82, 2.24) is 14.6 Å². The molecule has 118 valence electrons. The first-order valence-corrected chi connectivity index (χ1v) is 7.81. The van der Waals surface area contributed by atoms with Crippen LogP contribution in [-0.2, 0) is 0 Å². The quantitative estimate of drug-likeness (QED) is 0.530. The average Bonchev–Trinajstić information content (AvgIpc) is 2.92. The largest absolute Gasteiger partial charge is 0.236 e. The molecule has 0 aliphatic rings. The number of nitrogens with zero attached hydrogens (tertiary/aromatic N) is 3. The molecule has 24 heavy (non-hydrogen) atoms. The van der Waals surface area contributed by atoms with Crippen LogP contribution >= 0.6 is 0 Å². The zero-order chi connectivity index (χ0) is 16.7.